The van der Waals surface area contributed by atoms with Crippen LogP contribution in [0.15, 0.2) is 0 Å². The van der Waals surface area contributed by atoms with Gasteiger partial charge in [-0.3, -0.25) is 9.69 Å². The van der Waals surface area contributed by atoms with Crippen LogP contribution in [-0.4, -0.2) is 70.0 Å². The Balaban J connectivity index is 1.77. The fourth-order valence-electron chi connectivity index (χ4n) is 2.34. The molecule has 1 atom stereocenters. The van der Waals surface area contributed by atoms with Crippen molar-refractivity contribution in [1.29, 1.82) is 0 Å². The smallest absolute Gasteiger partial charge is 0.234 e. The van der Waals surface area contributed by atoms with Crippen molar-refractivity contribution in [2.45, 2.75) is 24.6 Å². The van der Waals surface area contributed by atoms with Gasteiger partial charge in [-0.1, -0.05) is 0 Å². The van der Waals surface area contributed by atoms with Crippen molar-refractivity contribution in [2.24, 2.45) is 0 Å². The zero-order chi connectivity index (χ0) is 13.7. The van der Waals surface area contributed by atoms with Gasteiger partial charge in [-0.05, 0) is 13.8 Å². The lowest BCUT2D eigenvalue weighted by atomic mass is 10.0. The molecule has 2 saturated heterocycles. The largest absolute Gasteiger partial charge is 0.353 e. The van der Waals surface area contributed by atoms with E-state index in [0.29, 0.717) is 0 Å². The maximum atomic E-state index is 12.2. The molecule has 0 saturated carbocycles. The number of nitrogens with one attached hydrogen (secondary N) is 1. The predicted octanol–water partition coefficient (Wildman–Crippen LogP) is 1.78. The minimum atomic E-state index is 0.0725. The van der Waals surface area contributed by atoms with E-state index in [1.165, 1.54) is 17.3 Å². The molecule has 0 aromatic rings. The molecule has 1 unspecified atom stereocenters. The van der Waals surface area contributed by atoms with Crippen LogP contribution in [0.1, 0.15) is 13.8 Å². The second-order valence-electron chi connectivity index (χ2n) is 5.56. The number of carbonyl (C=O) groups is 1. The molecule has 6 heteroatoms. The Bertz CT molecular complexity index is 300. The van der Waals surface area contributed by atoms with Crippen molar-refractivity contribution in [2.75, 3.05) is 48.4 Å². The minimum Gasteiger partial charge on any atom is -0.353 e. The summed E-state index contributed by atoms with van der Waals surface area (Å²) in [5.41, 5.74) is 0.0725. The number of thioether (sulfide) groups is 3. The van der Waals surface area contributed by atoms with E-state index in [-0.39, 0.29) is 16.7 Å². The maximum Gasteiger partial charge on any atom is 0.234 e. The predicted molar refractivity (Wildman–Crippen MR) is 89.6 cm³/mol. The van der Waals surface area contributed by atoms with Gasteiger partial charge in [-0.15, -0.1) is 11.8 Å². The third kappa shape index (κ3) is 4.76. The summed E-state index contributed by atoms with van der Waals surface area (Å²) in [7, 11) is 0. The van der Waals surface area contributed by atoms with Gasteiger partial charge in [0.1, 0.15) is 0 Å². The first kappa shape index (κ1) is 15.9. The first-order valence-corrected chi connectivity index (χ1v) is 10.3. The normalized spacial score (nSPS) is 26.1. The monoisotopic (exact) mass is 320 g/mol. The second-order valence-corrected chi connectivity index (χ2v) is 9.25. The van der Waals surface area contributed by atoms with Crippen molar-refractivity contribution in [3.05, 3.63) is 0 Å². The molecule has 2 fully saturated rings. The van der Waals surface area contributed by atoms with Gasteiger partial charge in [-0.25, -0.2) is 0 Å². The Morgan fingerprint density at radius 3 is 2.58 bits per heavy atom. The lowest BCUT2D eigenvalue weighted by Crippen LogP contribution is -2.55. The minimum absolute atomic E-state index is 0.0725. The van der Waals surface area contributed by atoms with Crippen LogP contribution in [0.25, 0.3) is 0 Å². The van der Waals surface area contributed by atoms with Crippen molar-refractivity contribution >= 4 is 41.2 Å². The van der Waals surface area contributed by atoms with Gasteiger partial charge in [-0.2, -0.15) is 23.5 Å². The van der Waals surface area contributed by atoms with Gasteiger partial charge >= 0.3 is 0 Å². The summed E-state index contributed by atoms with van der Waals surface area (Å²) >= 11 is 5.73. The highest BCUT2D eigenvalue weighted by molar-refractivity contribution is 8.07. The number of hydrogen-bond donors (Lipinski definition) is 1. The summed E-state index contributed by atoms with van der Waals surface area (Å²) in [4.78, 5) is 14.7. The number of hydrogen-bond acceptors (Lipinski definition) is 5. The van der Waals surface area contributed by atoms with Crippen LogP contribution in [0.2, 0.25) is 0 Å². The molecular weight excluding hydrogens is 296 g/mol. The molecule has 2 aliphatic heterocycles. The fourth-order valence-corrected chi connectivity index (χ4v) is 5.82. The first-order chi connectivity index (χ1) is 9.09. The van der Waals surface area contributed by atoms with Crippen LogP contribution in [0, 0.1) is 0 Å². The maximum absolute atomic E-state index is 12.2. The summed E-state index contributed by atoms with van der Waals surface area (Å²) < 4.78 is 0. The Morgan fingerprint density at radius 1 is 1.21 bits per heavy atom. The van der Waals surface area contributed by atoms with E-state index in [4.69, 9.17) is 0 Å². The van der Waals surface area contributed by atoms with Crippen LogP contribution in [0.4, 0.5) is 0 Å². The Hall–Kier alpha value is 0.480. The van der Waals surface area contributed by atoms with Gasteiger partial charge in [0.15, 0.2) is 0 Å². The van der Waals surface area contributed by atoms with E-state index < -0.39 is 0 Å². The van der Waals surface area contributed by atoms with Crippen LogP contribution in [0.3, 0.4) is 0 Å². The van der Waals surface area contributed by atoms with Crippen molar-refractivity contribution in [3.63, 3.8) is 0 Å². The Morgan fingerprint density at radius 2 is 1.95 bits per heavy atom. The van der Waals surface area contributed by atoms with E-state index >= 15 is 0 Å². The van der Waals surface area contributed by atoms with Gasteiger partial charge in [0.25, 0.3) is 0 Å². The lowest BCUT2D eigenvalue weighted by Gasteiger charge is -2.41. The third-order valence-corrected chi connectivity index (χ3v) is 7.37. The zero-order valence-electron chi connectivity index (χ0n) is 11.8. The Kier molecular flexibility index (Phi) is 6.24. The molecule has 1 N–H and O–H groups in total. The highest BCUT2D eigenvalue weighted by Crippen LogP contribution is 2.24. The third-order valence-electron chi connectivity index (χ3n) is 3.67. The molecule has 1 amide bonds. The first-order valence-electron chi connectivity index (χ1n) is 6.89. The summed E-state index contributed by atoms with van der Waals surface area (Å²) in [6.45, 7) is 7.53. The van der Waals surface area contributed by atoms with Crippen LogP contribution >= 0.6 is 35.3 Å². The molecule has 2 rings (SSSR count). The Labute approximate surface area is 129 Å². The molecule has 0 aromatic heterocycles. The second kappa shape index (κ2) is 7.48. The topological polar surface area (TPSA) is 32.3 Å². The van der Waals surface area contributed by atoms with E-state index in [9.17, 15) is 4.79 Å². The standard InChI is InChI=1S/C13H24N2OS3/c1-13(2,15-3-5-17-6-4-15)10-14-12(16)11-9-18-7-8-19-11/h11H,3-10H2,1-2H3,(H,14,16). The quantitative estimate of drug-likeness (QED) is 0.854. The highest BCUT2D eigenvalue weighted by atomic mass is 32.2. The van der Waals surface area contributed by atoms with Crippen LogP contribution in [0.5, 0.6) is 0 Å². The number of nitrogens with zero attached hydrogens (tertiary/aromatic N) is 1. The number of amides is 1. The molecule has 3 nitrogen and oxygen atoms in total. The summed E-state index contributed by atoms with van der Waals surface area (Å²) in [5, 5.41) is 3.33. The lowest BCUT2D eigenvalue weighted by molar-refractivity contribution is -0.120. The van der Waals surface area contributed by atoms with E-state index in [0.717, 1.165) is 31.1 Å². The molecule has 110 valence electrons. The van der Waals surface area contributed by atoms with Crippen molar-refractivity contribution in [3.8, 4) is 0 Å². The molecule has 0 spiro atoms. The van der Waals surface area contributed by atoms with Crippen molar-refractivity contribution in [1.82, 2.24) is 10.2 Å². The summed E-state index contributed by atoms with van der Waals surface area (Å²) in [5.74, 6) is 5.92. The van der Waals surface area contributed by atoms with Gasteiger partial charge in [0, 0.05) is 53.9 Å². The molecule has 0 aliphatic carbocycles. The van der Waals surface area contributed by atoms with Gasteiger partial charge < -0.3 is 5.32 Å². The van der Waals surface area contributed by atoms with Gasteiger partial charge in [0.2, 0.25) is 5.91 Å². The van der Waals surface area contributed by atoms with Gasteiger partial charge in [0.05, 0.1) is 5.25 Å². The molecular formula is C13H24N2OS3. The fraction of sp³-hybridized carbons (Fsp3) is 0.923. The number of rotatable bonds is 4. The van der Waals surface area contributed by atoms with E-state index in [1.54, 1.807) is 0 Å². The van der Waals surface area contributed by atoms with E-state index in [2.05, 4.69) is 24.1 Å². The zero-order valence-corrected chi connectivity index (χ0v) is 14.3. The van der Waals surface area contributed by atoms with Crippen molar-refractivity contribution < 1.29 is 4.79 Å². The molecule has 19 heavy (non-hydrogen) atoms. The average molecular weight is 321 g/mol. The summed E-state index contributed by atoms with van der Waals surface area (Å²) in [6.07, 6.45) is 0. The number of carbonyl (C=O) groups excluding carboxylic acids is 1. The van der Waals surface area contributed by atoms with Crippen LogP contribution in [-0.2, 0) is 4.79 Å². The molecule has 0 radical (unpaired) electrons. The SMILES string of the molecule is CC(C)(CNC(=O)C1CSCCS1)N1CCSCC1. The molecule has 0 aromatic carbocycles. The highest BCUT2D eigenvalue weighted by Gasteiger charge is 2.30. The molecule has 2 aliphatic rings. The van der Waals surface area contributed by atoms with E-state index in [1.807, 2.05) is 35.3 Å². The summed E-state index contributed by atoms with van der Waals surface area (Å²) in [6, 6.07) is 0. The van der Waals surface area contributed by atoms with Crippen LogP contribution < -0.4 is 5.32 Å². The molecule has 0 bridgehead atoms. The average Bonchev–Trinajstić information content (AvgIpc) is 2.47. The molecule has 2 heterocycles.